The summed E-state index contributed by atoms with van der Waals surface area (Å²) in [5, 5.41) is 10.4. The van der Waals surface area contributed by atoms with Crippen LogP contribution < -0.4 is 5.73 Å². The van der Waals surface area contributed by atoms with Crippen LogP contribution in [-0.4, -0.2) is 48.9 Å². The summed E-state index contributed by atoms with van der Waals surface area (Å²) in [5.41, 5.74) is 5.70. The van der Waals surface area contributed by atoms with Crippen LogP contribution in [0.3, 0.4) is 0 Å². The number of nitrogens with zero attached hydrogens (tertiary/aromatic N) is 1. The molecule has 0 heterocycles. The highest BCUT2D eigenvalue weighted by molar-refractivity contribution is 6.11. The van der Waals surface area contributed by atoms with Crippen LogP contribution in [0.15, 0.2) is 59.2 Å². The zero-order chi connectivity index (χ0) is 18.3. The van der Waals surface area contributed by atoms with Gasteiger partial charge in [0.2, 0.25) is 0 Å². The van der Waals surface area contributed by atoms with Gasteiger partial charge in [0.25, 0.3) is 0 Å². The number of quaternary nitrogens is 1. The van der Waals surface area contributed by atoms with Crippen molar-refractivity contribution in [1.82, 2.24) is 4.90 Å². The van der Waals surface area contributed by atoms with Gasteiger partial charge in [-0.2, -0.15) is 0 Å². The third kappa shape index (κ3) is 2.88. The molecule has 0 spiro atoms. The Morgan fingerprint density at radius 2 is 1.84 bits per heavy atom. The molecule has 0 saturated carbocycles. The normalized spacial score (nSPS) is 31.6. The molecular formula is C19H23N2O4+. The highest BCUT2D eigenvalue weighted by Gasteiger charge is 2.50. The molecule has 3 aliphatic carbocycles. The molecule has 0 aromatic heterocycles. The van der Waals surface area contributed by atoms with Crippen LogP contribution in [0.4, 0.5) is 0 Å². The van der Waals surface area contributed by atoms with Crippen molar-refractivity contribution >= 4 is 11.6 Å². The number of ketones is 2. The van der Waals surface area contributed by atoms with E-state index in [9.17, 15) is 14.7 Å². The van der Waals surface area contributed by atoms with Crippen LogP contribution >= 0.6 is 0 Å². The Kier molecular flexibility index (Phi) is 4.49. The molecule has 25 heavy (non-hydrogen) atoms. The summed E-state index contributed by atoms with van der Waals surface area (Å²) in [6.45, 7) is 0. The number of carbonyl (C=O) groups excluding carboxylic acids is 2. The predicted molar refractivity (Wildman–Crippen MR) is 91.5 cm³/mol. The van der Waals surface area contributed by atoms with E-state index in [0.29, 0.717) is 17.0 Å². The summed E-state index contributed by atoms with van der Waals surface area (Å²) in [4.78, 5) is 26.9. The Bertz CT molecular complexity index is 770. The van der Waals surface area contributed by atoms with Crippen molar-refractivity contribution < 1.29 is 25.2 Å². The number of carbonyl (C=O) groups is 2. The molecule has 0 saturated heterocycles. The van der Waals surface area contributed by atoms with Gasteiger partial charge in [-0.05, 0) is 18.2 Å². The molecule has 0 aliphatic heterocycles. The Balaban J connectivity index is 1.88. The van der Waals surface area contributed by atoms with Crippen LogP contribution in [0.5, 0.6) is 0 Å². The highest BCUT2D eigenvalue weighted by Crippen LogP contribution is 2.44. The maximum absolute atomic E-state index is 12.8. The third-order valence-corrected chi connectivity index (χ3v) is 4.88. The first-order valence-electron chi connectivity index (χ1n) is 8.18. The molecule has 4 N–H and O–H groups in total. The van der Waals surface area contributed by atoms with E-state index >= 15 is 0 Å². The van der Waals surface area contributed by atoms with Crippen molar-refractivity contribution in [3.63, 3.8) is 0 Å². The van der Waals surface area contributed by atoms with Gasteiger partial charge in [-0.3, -0.25) is 9.59 Å². The molecule has 6 heteroatoms. The van der Waals surface area contributed by atoms with E-state index in [1.165, 1.54) is 13.2 Å². The molecule has 0 radical (unpaired) electrons. The minimum Gasteiger partial charge on any atom is -0.500 e. The lowest BCUT2D eigenvalue weighted by atomic mass is 9.66. The summed E-state index contributed by atoms with van der Waals surface area (Å²) in [6, 6.07) is 0. The molecule has 0 bridgehead atoms. The first kappa shape index (κ1) is 17.4. The zero-order valence-electron chi connectivity index (χ0n) is 14.6. The van der Waals surface area contributed by atoms with E-state index in [2.05, 4.69) is 5.73 Å². The van der Waals surface area contributed by atoms with Crippen molar-refractivity contribution in [2.45, 2.75) is 6.10 Å². The maximum Gasteiger partial charge on any atom is 0.174 e. The van der Waals surface area contributed by atoms with Gasteiger partial charge < -0.3 is 20.5 Å². The van der Waals surface area contributed by atoms with Gasteiger partial charge in [0.1, 0.15) is 11.5 Å². The summed E-state index contributed by atoms with van der Waals surface area (Å²) < 4.78 is 5.45. The molecule has 0 amide bonds. The van der Waals surface area contributed by atoms with Gasteiger partial charge in [-0.1, -0.05) is 12.2 Å². The van der Waals surface area contributed by atoms with Crippen LogP contribution in [0, 0.1) is 17.8 Å². The first-order chi connectivity index (χ1) is 11.8. The molecular weight excluding hydrogens is 320 g/mol. The SMILES string of the molecule is COC1=C(C2C=CC(N(C)C)=CC2O)C(=O)C1[C@@H]1C=CC([NH3+])=CC1=O. The van der Waals surface area contributed by atoms with Gasteiger partial charge in [0.05, 0.1) is 25.0 Å². The second-order valence-electron chi connectivity index (χ2n) is 6.69. The van der Waals surface area contributed by atoms with Gasteiger partial charge in [0.15, 0.2) is 11.6 Å². The van der Waals surface area contributed by atoms with Crippen molar-refractivity contribution in [3.8, 4) is 0 Å². The lowest BCUT2D eigenvalue weighted by Gasteiger charge is -2.38. The molecule has 0 fully saturated rings. The van der Waals surface area contributed by atoms with Gasteiger partial charge in [-0.15, -0.1) is 0 Å². The van der Waals surface area contributed by atoms with E-state index in [0.717, 1.165) is 5.70 Å². The second kappa shape index (κ2) is 6.46. The zero-order valence-corrected chi connectivity index (χ0v) is 14.6. The number of aliphatic hydroxyl groups excluding tert-OH is 1. The molecule has 4 atom stereocenters. The maximum atomic E-state index is 12.8. The number of allylic oxidation sites excluding steroid dienone is 5. The number of likely N-dealkylation sites (N-methyl/N-ethyl adjacent to an activating group) is 1. The summed E-state index contributed by atoms with van der Waals surface area (Å²) in [5.74, 6) is -1.43. The van der Waals surface area contributed by atoms with Crippen LogP contribution in [0.2, 0.25) is 0 Å². The standard InChI is InChI=1S/C19H22N2O4/c1-21(2)11-5-7-13(15(23)9-11)17-18(24)16(19(17)25-3)12-6-4-10(20)8-14(12)22/h4-9,12-13,15-16,23H,20H2,1-3H3/p+1/t12-,13?,15?,16?/m1/s1. The molecule has 3 aliphatic rings. The molecule has 0 aromatic carbocycles. The molecule has 6 nitrogen and oxygen atoms in total. The number of rotatable bonds is 4. The Hall–Kier alpha value is -2.44. The minimum absolute atomic E-state index is 0.142. The minimum atomic E-state index is -0.809. The van der Waals surface area contributed by atoms with Gasteiger partial charge >= 0.3 is 0 Å². The van der Waals surface area contributed by atoms with Crippen molar-refractivity contribution in [1.29, 1.82) is 0 Å². The van der Waals surface area contributed by atoms with E-state index in [1.54, 1.807) is 18.2 Å². The largest absolute Gasteiger partial charge is 0.500 e. The third-order valence-electron chi connectivity index (χ3n) is 4.88. The van der Waals surface area contributed by atoms with Crippen molar-refractivity contribution in [2.75, 3.05) is 21.2 Å². The number of hydrogen-bond donors (Lipinski definition) is 2. The summed E-state index contributed by atoms with van der Waals surface area (Å²) >= 11 is 0. The average Bonchev–Trinajstić information content (AvgIpc) is 2.55. The number of aliphatic hydroxyl groups is 1. The van der Waals surface area contributed by atoms with Crippen molar-refractivity contribution in [3.05, 3.63) is 59.2 Å². The number of Topliss-reactive ketones (excluding diaryl/α,β-unsaturated/α-hetero) is 1. The van der Waals surface area contributed by atoms with E-state index in [4.69, 9.17) is 4.74 Å². The second-order valence-corrected chi connectivity index (χ2v) is 6.69. The number of hydrogen-bond acceptors (Lipinski definition) is 5. The molecule has 132 valence electrons. The topological polar surface area (TPSA) is 94.5 Å². The highest BCUT2D eigenvalue weighted by atomic mass is 16.5. The Morgan fingerprint density at radius 3 is 2.40 bits per heavy atom. The molecule has 3 rings (SSSR count). The van der Waals surface area contributed by atoms with Crippen LogP contribution in [0.1, 0.15) is 0 Å². The number of methoxy groups -OCH3 is 1. The summed E-state index contributed by atoms with van der Waals surface area (Å²) in [6.07, 6.45) is 9.50. The van der Waals surface area contributed by atoms with E-state index in [1.807, 2.05) is 31.1 Å². The lowest BCUT2D eigenvalue weighted by molar-refractivity contribution is -0.295. The van der Waals surface area contributed by atoms with Crippen LogP contribution in [-0.2, 0) is 14.3 Å². The van der Waals surface area contributed by atoms with Gasteiger partial charge in [-0.25, -0.2) is 0 Å². The monoisotopic (exact) mass is 343 g/mol. The Morgan fingerprint density at radius 1 is 1.16 bits per heavy atom. The summed E-state index contributed by atoms with van der Waals surface area (Å²) in [7, 11) is 5.27. The molecule has 3 unspecified atom stereocenters. The lowest BCUT2D eigenvalue weighted by Crippen LogP contribution is -2.49. The first-order valence-corrected chi connectivity index (χ1v) is 8.18. The average molecular weight is 343 g/mol. The Labute approximate surface area is 146 Å². The van der Waals surface area contributed by atoms with E-state index < -0.39 is 23.9 Å². The van der Waals surface area contributed by atoms with Crippen LogP contribution in [0.25, 0.3) is 0 Å². The van der Waals surface area contributed by atoms with Gasteiger partial charge in [0, 0.05) is 37.4 Å². The van der Waals surface area contributed by atoms with Crippen molar-refractivity contribution in [2.24, 2.45) is 17.8 Å². The number of ether oxygens (including phenoxy) is 1. The van der Waals surface area contributed by atoms with E-state index in [-0.39, 0.29) is 11.6 Å². The fourth-order valence-corrected chi connectivity index (χ4v) is 3.53. The smallest absolute Gasteiger partial charge is 0.174 e. The predicted octanol–water partition coefficient (Wildman–Crippen LogP) is -0.0409. The fourth-order valence-electron chi connectivity index (χ4n) is 3.53. The fraction of sp³-hybridized carbons (Fsp3) is 0.368. The quantitative estimate of drug-likeness (QED) is 0.747. The molecule has 0 aromatic rings.